The summed E-state index contributed by atoms with van der Waals surface area (Å²) < 4.78 is 12.6. The van der Waals surface area contributed by atoms with E-state index >= 15 is 0 Å². The first kappa shape index (κ1) is 23.6. The van der Waals surface area contributed by atoms with Crippen LogP contribution in [0.2, 0.25) is 19.1 Å². The normalized spacial score (nSPS) is 12.5. The van der Waals surface area contributed by atoms with Crippen molar-refractivity contribution in [3.63, 3.8) is 0 Å². The molecule has 7 nitrogen and oxygen atoms in total. The van der Waals surface area contributed by atoms with Gasteiger partial charge >= 0.3 is 0 Å². The highest BCUT2D eigenvalue weighted by molar-refractivity contribution is 6.71. The third-order valence-corrected chi connectivity index (χ3v) is 7.87. The van der Waals surface area contributed by atoms with Crippen molar-refractivity contribution in [1.82, 2.24) is 4.98 Å². The Morgan fingerprint density at radius 2 is 1.84 bits per heavy atom. The molecular formula is C24H30N4O3Si. The number of nitrogens with one attached hydrogen (secondary N) is 1. The lowest BCUT2D eigenvalue weighted by atomic mass is 10.0. The lowest BCUT2D eigenvalue weighted by molar-refractivity contribution is 0.202. The summed E-state index contributed by atoms with van der Waals surface area (Å²) in [6.45, 7) is 9.29. The fraction of sp³-hybridized carbons (Fsp3) is 0.375. The molecule has 0 aliphatic heterocycles. The molecule has 0 aliphatic rings. The summed E-state index contributed by atoms with van der Waals surface area (Å²) in [7, 11) is -2.02. The Labute approximate surface area is 189 Å². The Morgan fingerprint density at radius 1 is 1.09 bits per heavy atom. The van der Waals surface area contributed by atoms with Crippen LogP contribution in [0, 0.1) is 5.92 Å². The Bertz CT molecular complexity index is 1150. The molecule has 2 aromatic carbocycles. The van der Waals surface area contributed by atoms with Crippen molar-refractivity contribution in [2.24, 2.45) is 11.0 Å². The topological polar surface area (TPSA) is 100 Å². The standard InChI is InChI=1S/C24H30N4O3Si/c1-17(2)16-32(3,4)31-22(14-26-28-25)19-10-12-21(24-20(19)11-13-23(29)27-24)30-15-18-8-6-5-7-9-18/h5-13,17,22H,14-16H2,1-4H3,(H,27,29). The van der Waals surface area contributed by atoms with Crippen LogP contribution in [0.15, 0.2) is 64.5 Å². The van der Waals surface area contributed by atoms with Crippen LogP contribution in [-0.4, -0.2) is 19.8 Å². The Kier molecular flexibility index (Phi) is 7.74. The number of hydrogen-bond acceptors (Lipinski definition) is 4. The van der Waals surface area contributed by atoms with Gasteiger partial charge in [-0.3, -0.25) is 4.79 Å². The van der Waals surface area contributed by atoms with E-state index < -0.39 is 14.4 Å². The van der Waals surface area contributed by atoms with Crippen LogP contribution in [0.5, 0.6) is 5.75 Å². The number of benzene rings is 2. The smallest absolute Gasteiger partial charge is 0.248 e. The number of rotatable bonds is 10. The Hall–Kier alpha value is -3.06. The van der Waals surface area contributed by atoms with Gasteiger partial charge in [-0.1, -0.05) is 55.4 Å². The number of aromatic nitrogens is 1. The molecule has 168 valence electrons. The van der Waals surface area contributed by atoms with Crippen LogP contribution in [0.1, 0.15) is 31.1 Å². The number of H-pyrrole nitrogens is 1. The van der Waals surface area contributed by atoms with E-state index in [-0.39, 0.29) is 12.1 Å². The number of aromatic amines is 1. The number of nitrogens with zero attached hydrogens (tertiary/aromatic N) is 3. The quantitative estimate of drug-likeness (QED) is 0.169. The molecular weight excluding hydrogens is 420 g/mol. The van der Waals surface area contributed by atoms with Crippen LogP contribution < -0.4 is 10.3 Å². The van der Waals surface area contributed by atoms with Gasteiger partial charge in [-0.2, -0.15) is 0 Å². The van der Waals surface area contributed by atoms with Crippen molar-refractivity contribution in [2.45, 2.75) is 45.7 Å². The molecule has 1 atom stereocenters. The van der Waals surface area contributed by atoms with E-state index in [1.54, 1.807) is 6.07 Å². The van der Waals surface area contributed by atoms with Gasteiger partial charge in [-0.15, -0.1) is 0 Å². The van der Waals surface area contributed by atoms with Crippen LogP contribution in [-0.2, 0) is 11.0 Å². The summed E-state index contributed by atoms with van der Waals surface area (Å²) in [5, 5.41) is 4.63. The first-order chi connectivity index (χ1) is 15.3. The Balaban J connectivity index is 2.00. The van der Waals surface area contributed by atoms with E-state index in [1.807, 2.05) is 42.5 Å². The molecule has 3 rings (SSSR count). The van der Waals surface area contributed by atoms with Crippen molar-refractivity contribution in [3.8, 4) is 5.75 Å². The van der Waals surface area contributed by atoms with E-state index in [2.05, 4.69) is 42.0 Å². The fourth-order valence-electron chi connectivity index (χ4n) is 4.11. The minimum atomic E-state index is -2.02. The van der Waals surface area contributed by atoms with E-state index in [9.17, 15) is 4.79 Å². The van der Waals surface area contributed by atoms with Gasteiger partial charge in [0.25, 0.3) is 0 Å². The van der Waals surface area contributed by atoms with Crippen LogP contribution >= 0.6 is 0 Å². The lowest BCUT2D eigenvalue weighted by Gasteiger charge is -2.31. The number of fused-ring (bicyclic) bond motifs is 1. The predicted octanol–water partition coefficient (Wildman–Crippen LogP) is 6.34. The average molecular weight is 451 g/mol. The number of pyridine rings is 1. The molecule has 3 aromatic rings. The van der Waals surface area contributed by atoms with E-state index in [1.165, 1.54) is 6.07 Å². The summed E-state index contributed by atoms with van der Waals surface area (Å²) in [5.41, 5.74) is 11.2. The fourth-order valence-corrected chi connectivity index (χ4v) is 7.14. The molecule has 0 saturated carbocycles. The second-order valence-corrected chi connectivity index (χ2v) is 13.1. The highest BCUT2D eigenvalue weighted by atomic mass is 28.4. The van der Waals surface area contributed by atoms with Gasteiger partial charge in [0.05, 0.1) is 18.2 Å². The van der Waals surface area contributed by atoms with Crippen molar-refractivity contribution in [1.29, 1.82) is 0 Å². The van der Waals surface area contributed by atoms with Gasteiger partial charge < -0.3 is 14.1 Å². The lowest BCUT2D eigenvalue weighted by Crippen LogP contribution is -2.34. The van der Waals surface area contributed by atoms with E-state index in [4.69, 9.17) is 14.7 Å². The molecule has 0 bridgehead atoms. The van der Waals surface area contributed by atoms with Crippen molar-refractivity contribution >= 4 is 19.2 Å². The molecule has 0 amide bonds. The molecule has 32 heavy (non-hydrogen) atoms. The third kappa shape index (κ3) is 6.23. The van der Waals surface area contributed by atoms with E-state index in [0.717, 1.165) is 22.6 Å². The van der Waals surface area contributed by atoms with Crippen molar-refractivity contribution in [2.75, 3.05) is 6.54 Å². The summed E-state index contributed by atoms with van der Waals surface area (Å²) in [4.78, 5) is 18.0. The van der Waals surface area contributed by atoms with Crippen LogP contribution in [0.3, 0.4) is 0 Å². The molecule has 8 heteroatoms. The van der Waals surface area contributed by atoms with Gasteiger partial charge in [0.15, 0.2) is 8.32 Å². The zero-order chi connectivity index (χ0) is 23.1. The highest BCUT2D eigenvalue weighted by Crippen LogP contribution is 2.34. The third-order valence-electron chi connectivity index (χ3n) is 5.15. The molecule has 1 heterocycles. The number of azide groups is 1. The van der Waals surface area contributed by atoms with E-state index in [0.29, 0.717) is 23.8 Å². The molecule has 1 unspecified atom stereocenters. The van der Waals surface area contributed by atoms with Gasteiger partial charge in [-0.25, -0.2) is 0 Å². The predicted molar refractivity (Wildman–Crippen MR) is 130 cm³/mol. The zero-order valence-corrected chi connectivity index (χ0v) is 20.0. The van der Waals surface area contributed by atoms with Gasteiger partial charge in [0.2, 0.25) is 5.56 Å². The second-order valence-electron chi connectivity index (χ2n) is 8.92. The Morgan fingerprint density at radius 3 is 2.53 bits per heavy atom. The van der Waals surface area contributed by atoms with Crippen LogP contribution in [0.4, 0.5) is 0 Å². The summed E-state index contributed by atoms with van der Waals surface area (Å²) in [6.07, 6.45) is -0.400. The van der Waals surface area contributed by atoms with Gasteiger partial charge in [-0.05, 0) is 53.8 Å². The average Bonchev–Trinajstić information content (AvgIpc) is 2.74. The van der Waals surface area contributed by atoms with Gasteiger partial charge in [0.1, 0.15) is 12.4 Å². The molecule has 0 spiro atoms. The maximum atomic E-state index is 12.1. The van der Waals surface area contributed by atoms with Gasteiger partial charge in [0, 0.05) is 16.4 Å². The van der Waals surface area contributed by atoms with Crippen molar-refractivity contribution in [3.05, 3.63) is 86.5 Å². The molecule has 0 aliphatic carbocycles. The van der Waals surface area contributed by atoms with Crippen LogP contribution in [0.25, 0.3) is 21.3 Å². The number of hydrogen-bond donors (Lipinski definition) is 1. The highest BCUT2D eigenvalue weighted by Gasteiger charge is 2.29. The largest absolute Gasteiger partial charge is 0.487 e. The second kappa shape index (κ2) is 10.5. The monoisotopic (exact) mass is 450 g/mol. The molecule has 1 aromatic heterocycles. The van der Waals surface area contributed by atoms with Crippen molar-refractivity contribution < 1.29 is 9.16 Å². The molecule has 1 N–H and O–H groups in total. The summed E-state index contributed by atoms with van der Waals surface area (Å²) >= 11 is 0. The molecule has 0 fully saturated rings. The molecule has 0 saturated heterocycles. The maximum Gasteiger partial charge on any atom is 0.248 e. The maximum absolute atomic E-state index is 12.1. The first-order valence-electron chi connectivity index (χ1n) is 10.8. The number of ether oxygens (including phenoxy) is 1. The minimum absolute atomic E-state index is 0.184. The molecule has 0 radical (unpaired) electrons. The summed E-state index contributed by atoms with van der Waals surface area (Å²) in [5.74, 6) is 1.10. The first-order valence-corrected chi connectivity index (χ1v) is 13.9. The summed E-state index contributed by atoms with van der Waals surface area (Å²) in [6, 6.07) is 17.9. The SMILES string of the molecule is CC(C)C[Si](C)(C)OC(CN=[N+]=[N-])c1ccc(OCc2ccccc2)c2[nH]c(=O)ccc12. The minimum Gasteiger partial charge on any atom is -0.487 e. The zero-order valence-electron chi connectivity index (χ0n) is 19.0.